The average molecular weight is 150 g/mol. The van der Waals surface area contributed by atoms with E-state index in [1.165, 1.54) is 6.20 Å². The molecule has 0 amide bonds. The van der Waals surface area contributed by atoms with Gasteiger partial charge in [0.05, 0.1) is 5.56 Å². The predicted molar refractivity (Wildman–Crippen MR) is 45.3 cm³/mol. The van der Waals surface area contributed by atoms with Gasteiger partial charge in [0.15, 0.2) is 0 Å². The standard InChI is InChI=1S/C6H7BN2O2/c7-2-1-4-3-8-6(11)9-5(4)10/h1-3H,7H2,(H2,8,9,10,11)/b2-1+. The summed E-state index contributed by atoms with van der Waals surface area (Å²) in [6, 6.07) is 0. The molecule has 0 atom stereocenters. The van der Waals surface area contributed by atoms with Crippen LogP contribution in [0.3, 0.4) is 0 Å². The van der Waals surface area contributed by atoms with Gasteiger partial charge in [-0.2, -0.15) is 0 Å². The van der Waals surface area contributed by atoms with Crippen molar-refractivity contribution < 1.29 is 0 Å². The number of hydrogen-bond donors (Lipinski definition) is 2. The first-order chi connectivity index (χ1) is 5.24. The minimum absolute atomic E-state index is 0.369. The first-order valence-electron chi connectivity index (χ1n) is 3.18. The zero-order valence-corrected chi connectivity index (χ0v) is 6.05. The van der Waals surface area contributed by atoms with E-state index in [1.54, 1.807) is 19.9 Å². The van der Waals surface area contributed by atoms with Crippen molar-refractivity contribution in [3.63, 3.8) is 0 Å². The van der Waals surface area contributed by atoms with Gasteiger partial charge >= 0.3 is 5.69 Å². The molecular formula is C6H7BN2O2. The van der Waals surface area contributed by atoms with Crippen molar-refractivity contribution in [3.05, 3.63) is 38.6 Å². The quantitative estimate of drug-likeness (QED) is 0.487. The second-order valence-corrected chi connectivity index (χ2v) is 2.03. The molecule has 2 N–H and O–H groups in total. The van der Waals surface area contributed by atoms with Gasteiger partial charge in [-0.3, -0.25) is 9.78 Å². The summed E-state index contributed by atoms with van der Waals surface area (Å²) in [4.78, 5) is 25.9. The third kappa shape index (κ3) is 1.70. The van der Waals surface area contributed by atoms with Crippen molar-refractivity contribution >= 4 is 13.9 Å². The molecule has 1 rings (SSSR count). The van der Waals surface area contributed by atoms with E-state index >= 15 is 0 Å². The molecule has 56 valence electrons. The number of aromatic nitrogens is 2. The number of rotatable bonds is 1. The Labute approximate surface area is 63.4 Å². The van der Waals surface area contributed by atoms with Gasteiger partial charge in [0.2, 0.25) is 0 Å². The molecule has 0 saturated carbocycles. The van der Waals surface area contributed by atoms with E-state index in [2.05, 4.69) is 9.97 Å². The highest BCUT2D eigenvalue weighted by Crippen LogP contribution is 1.85. The molecule has 4 nitrogen and oxygen atoms in total. The van der Waals surface area contributed by atoms with Crippen LogP contribution in [-0.4, -0.2) is 17.8 Å². The van der Waals surface area contributed by atoms with Crippen molar-refractivity contribution in [1.82, 2.24) is 9.97 Å². The monoisotopic (exact) mass is 150 g/mol. The third-order valence-electron chi connectivity index (χ3n) is 1.19. The molecule has 0 radical (unpaired) electrons. The van der Waals surface area contributed by atoms with Gasteiger partial charge in [-0.25, -0.2) is 4.79 Å². The van der Waals surface area contributed by atoms with Gasteiger partial charge in [0.1, 0.15) is 7.85 Å². The molecule has 11 heavy (non-hydrogen) atoms. The van der Waals surface area contributed by atoms with Crippen LogP contribution in [0, 0.1) is 0 Å². The van der Waals surface area contributed by atoms with Crippen LogP contribution in [0.15, 0.2) is 21.8 Å². The summed E-state index contributed by atoms with van der Waals surface area (Å²) in [5.74, 6) is 1.73. The number of nitrogens with one attached hydrogen (secondary N) is 2. The Bertz CT molecular complexity index is 377. The minimum Gasteiger partial charge on any atom is -0.314 e. The van der Waals surface area contributed by atoms with Crippen molar-refractivity contribution in [1.29, 1.82) is 0 Å². The van der Waals surface area contributed by atoms with E-state index in [0.29, 0.717) is 5.56 Å². The Hall–Kier alpha value is -1.52. The fourth-order valence-electron chi connectivity index (χ4n) is 0.724. The Kier molecular flexibility index (Phi) is 2.10. The molecule has 0 saturated heterocycles. The molecule has 1 aromatic heterocycles. The van der Waals surface area contributed by atoms with E-state index in [1.807, 2.05) is 0 Å². The second kappa shape index (κ2) is 3.05. The average Bonchev–Trinajstić information content (AvgIpc) is 1.95. The maximum Gasteiger partial charge on any atom is 0.325 e. The van der Waals surface area contributed by atoms with Crippen LogP contribution < -0.4 is 11.2 Å². The summed E-state index contributed by atoms with van der Waals surface area (Å²) < 4.78 is 0. The van der Waals surface area contributed by atoms with Crippen molar-refractivity contribution in [2.24, 2.45) is 0 Å². The topological polar surface area (TPSA) is 65.7 Å². The zero-order valence-electron chi connectivity index (χ0n) is 6.05. The van der Waals surface area contributed by atoms with Crippen LogP contribution in [0.5, 0.6) is 0 Å². The Balaban J connectivity index is 3.31. The van der Waals surface area contributed by atoms with Crippen LogP contribution in [0.4, 0.5) is 0 Å². The predicted octanol–water partition coefficient (Wildman–Crippen LogP) is -1.33. The maximum atomic E-state index is 10.9. The van der Waals surface area contributed by atoms with E-state index < -0.39 is 5.69 Å². The number of hydrogen-bond acceptors (Lipinski definition) is 2. The largest absolute Gasteiger partial charge is 0.325 e. The molecule has 0 fully saturated rings. The third-order valence-corrected chi connectivity index (χ3v) is 1.19. The fourth-order valence-corrected chi connectivity index (χ4v) is 0.724. The van der Waals surface area contributed by atoms with Crippen LogP contribution in [0.2, 0.25) is 0 Å². The van der Waals surface area contributed by atoms with Gasteiger partial charge in [-0.1, -0.05) is 6.08 Å². The first-order valence-corrected chi connectivity index (χ1v) is 3.18. The molecule has 1 heterocycles. The van der Waals surface area contributed by atoms with Gasteiger partial charge in [-0.05, 0) is 0 Å². The van der Waals surface area contributed by atoms with Gasteiger partial charge < -0.3 is 4.98 Å². The van der Waals surface area contributed by atoms with E-state index in [-0.39, 0.29) is 5.56 Å². The first kappa shape index (κ1) is 7.59. The summed E-state index contributed by atoms with van der Waals surface area (Å²) in [5.41, 5.74) is -0.401. The lowest BCUT2D eigenvalue weighted by Gasteiger charge is -1.87. The van der Waals surface area contributed by atoms with Crippen LogP contribution in [0.1, 0.15) is 5.56 Å². The smallest absolute Gasteiger partial charge is 0.314 e. The Morgan fingerprint density at radius 2 is 2.18 bits per heavy atom. The fraction of sp³-hybridized carbons (Fsp3) is 0. The van der Waals surface area contributed by atoms with Gasteiger partial charge in [-0.15, -0.1) is 5.98 Å². The van der Waals surface area contributed by atoms with Crippen molar-refractivity contribution in [2.45, 2.75) is 0 Å². The number of H-pyrrole nitrogens is 2. The zero-order chi connectivity index (χ0) is 8.27. The molecular weight excluding hydrogens is 143 g/mol. The SMILES string of the molecule is B/C=C/c1c[nH]c(=O)[nH]c1=O. The van der Waals surface area contributed by atoms with Crippen molar-refractivity contribution in [2.75, 3.05) is 0 Å². The van der Waals surface area contributed by atoms with Gasteiger partial charge in [0, 0.05) is 6.20 Å². The highest BCUT2D eigenvalue weighted by atomic mass is 16.2. The number of aromatic amines is 2. The summed E-state index contributed by atoms with van der Waals surface area (Å²) in [6.07, 6.45) is 3.00. The Morgan fingerprint density at radius 1 is 1.45 bits per heavy atom. The highest BCUT2D eigenvalue weighted by molar-refractivity contribution is 6.19. The summed E-state index contributed by atoms with van der Waals surface area (Å²) >= 11 is 0. The normalized spacial score (nSPS) is 10.5. The summed E-state index contributed by atoms with van der Waals surface area (Å²) in [5, 5.41) is 0. The summed E-state index contributed by atoms with van der Waals surface area (Å²) in [6.45, 7) is 0. The molecule has 0 aliphatic carbocycles. The van der Waals surface area contributed by atoms with E-state index in [4.69, 9.17) is 0 Å². The van der Waals surface area contributed by atoms with Crippen LogP contribution in [0.25, 0.3) is 6.08 Å². The van der Waals surface area contributed by atoms with Crippen LogP contribution >= 0.6 is 0 Å². The van der Waals surface area contributed by atoms with Crippen molar-refractivity contribution in [3.8, 4) is 0 Å². The molecule has 0 aliphatic heterocycles. The van der Waals surface area contributed by atoms with E-state index in [9.17, 15) is 9.59 Å². The highest BCUT2D eigenvalue weighted by Gasteiger charge is 1.92. The molecule has 0 unspecified atom stereocenters. The molecule has 1 aromatic rings. The lowest BCUT2D eigenvalue weighted by molar-refractivity contribution is 1.03. The minimum atomic E-state index is -0.483. The maximum absolute atomic E-state index is 10.9. The van der Waals surface area contributed by atoms with Gasteiger partial charge in [0.25, 0.3) is 5.56 Å². The molecule has 0 bridgehead atoms. The lowest BCUT2D eigenvalue weighted by atomic mass is 10.1. The molecule has 0 aliphatic rings. The lowest BCUT2D eigenvalue weighted by Crippen LogP contribution is -2.22. The Morgan fingerprint density at radius 3 is 2.73 bits per heavy atom. The van der Waals surface area contributed by atoms with E-state index in [0.717, 1.165) is 0 Å². The summed E-state index contributed by atoms with van der Waals surface area (Å²) in [7, 11) is 1.80. The second-order valence-electron chi connectivity index (χ2n) is 2.03. The molecule has 0 spiro atoms. The molecule has 0 aromatic carbocycles. The molecule has 5 heteroatoms. The van der Waals surface area contributed by atoms with Crippen LogP contribution in [-0.2, 0) is 0 Å².